The van der Waals surface area contributed by atoms with Gasteiger partial charge in [0.1, 0.15) is 11.9 Å². The number of nitrogens with one attached hydrogen (secondary N) is 4. The molecule has 1 saturated carbocycles. The first kappa shape index (κ1) is 24.5. The molecule has 8 nitrogen and oxygen atoms in total. The Morgan fingerprint density at radius 1 is 1.28 bits per heavy atom. The zero-order valence-electron chi connectivity index (χ0n) is 22.8. The van der Waals surface area contributed by atoms with Crippen LogP contribution in [0.15, 0.2) is 54.5 Å². The maximum Gasteiger partial charge on any atom is 0.123 e. The number of anilines is 2. The van der Waals surface area contributed by atoms with Gasteiger partial charge in [0.15, 0.2) is 0 Å². The molecular formula is C29H31ClFN7O. The number of hydrazine groups is 2. The SMILES string of the molecule is [2H][C@](Nc1cc(Cl)c2ncc(C#N)c(NC3CCOC(C)(C)C3)c2c1)(C1=CN(C2CC2)NN1)c1ccc(F)cc1. The molecule has 0 radical (unpaired) electrons. The Hall–Kier alpha value is -3.58. The highest BCUT2D eigenvalue weighted by Gasteiger charge is 2.33. The van der Waals surface area contributed by atoms with Crippen LogP contribution in [0.25, 0.3) is 10.9 Å². The molecule has 1 unspecified atom stereocenters. The number of hydrogen-bond acceptors (Lipinski definition) is 8. The smallest absolute Gasteiger partial charge is 0.123 e. The van der Waals surface area contributed by atoms with Gasteiger partial charge in [-0.15, -0.1) is 5.53 Å². The van der Waals surface area contributed by atoms with E-state index in [-0.39, 0.29) is 17.5 Å². The number of benzene rings is 2. The van der Waals surface area contributed by atoms with Crippen molar-refractivity contribution in [2.45, 2.75) is 63.2 Å². The molecule has 3 heterocycles. The fourth-order valence-electron chi connectivity index (χ4n) is 5.19. The lowest BCUT2D eigenvalue weighted by atomic mass is 9.93. The Bertz CT molecular complexity index is 1520. The molecule has 0 spiro atoms. The van der Waals surface area contributed by atoms with Crippen molar-refractivity contribution >= 4 is 33.9 Å². The summed E-state index contributed by atoms with van der Waals surface area (Å²) in [6, 6.07) is 10.7. The largest absolute Gasteiger partial charge is 0.380 e. The molecule has 2 fully saturated rings. The number of aromatic nitrogens is 1. The van der Waals surface area contributed by atoms with Gasteiger partial charge in [-0.3, -0.25) is 9.99 Å². The molecule has 10 heteroatoms. The zero-order chi connectivity index (χ0) is 28.1. The first-order valence-electron chi connectivity index (χ1n) is 13.6. The highest BCUT2D eigenvalue weighted by molar-refractivity contribution is 6.35. The van der Waals surface area contributed by atoms with Crippen LogP contribution in [-0.2, 0) is 4.74 Å². The van der Waals surface area contributed by atoms with E-state index in [9.17, 15) is 11.0 Å². The van der Waals surface area contributed by atoms with Gasteiger partial charge >= 0.3 is 0 Å². The van der Waals surface area contributed by atoms with Gasteiger partial charge in [-0.25, -0.2) is 4.39 Å². The Labute approximate surface area is 233 Å². The second kappa shape index (κ2) is 10.2. The molecule has 4 N–H and O–H groups in total. The lowest BCUT2D eigenvalue weighted by molar-refractivity contribution is -0.0553. The van der Waals surface area contributed by atoms with Crippen molar-refractivity contribution in [1.82, 2.24) is 21.0 Å². The first-order chi connectivity index (χ1) is 19.1. The summed E-state index contributed by atoms with van der Waals surface area (Å²) in [6.45, 7) is 4.74. The molecule has 202 valence electrons. The molecule has 1 aliphatic carbocycles. The number of nitriles is 1. The Balaban J connectivity index is 1.41. The first-order valence-corrected chi connectivity index (χ1v) is 13.5. The monoisotopic (exact) mass is 548 g/mol. The summed E-state index contributed by atoms with van der Waals surface area (Å²) in [5.41, 5.74) is 9.22. The van der Waals surface area contributed by atoms with Gasteiger partial charge in [0.25, 0.3) is 0 Å². The minimum absolute atomic E-state index is 0.0960. The zero-order valence-corrected chi connectivity index (χ0v) is 22.6. The van der Waals surface area contributed by atoms with Gasteiger partial charge in [0, 0.05) is 42.2 Å². The summed E-state index contributed by atoms with van der Waals surface area (Å²) in [4.78, 5) is 4.48. The van der Waals surface area contributed by atoms with Crippen LogP contribution in [0.5, 0.6) is 0 Å². The van der Waals surface area contributed by atoms with Gasteiger partial charge in [0.2, 0.25) is 0 Å². The van der Waals surface area contributed by atoms with Crippen LogP contribution in [0.3, 0.4) is 0 Å². The van der Waals surface area contributed by atoms with Crippen LogP contribution in [0, 0.1) is 17.1 Å². The summed E-state index contributed by atoms with van der Waals surface area (Å²) in [7, 11) is 0. The van der Waals surface area contributed by atoms with Gasteiger partial charge < -0.3 is 20.8 Å². The maximum absolute atomic E-state index is 13.8. The van der Waals surface area contributed by atoms with Crippen LogP contribution >= 0.6 is 11.6 Å². The van der Waals surface area contributed by atoms with Gasteiger partial charge in [-0.1, -0.05) is 23.7 Å². The Kier molecular flexibility index (Phi) is 6.39. The lowest BCUT2D eigenvalue weighted by Gasteiger charge is -2.36. The van der Waals surface area contributed by atoms with Crippen LogP contribution in [0.2, 0.25) is 5.02 Å². The molecular weight excluding hydrogens is 517 g/mol. The number of pyridine rings is 1. The molecule has 3 aromatic rings. The van der Waals surface area contributed by atoms with Crippen LogP contribution < -0.4 is 21.6 Å². The fourth-order valence-corrected chi connectivity index (χ4v) is 5.46. The van der Waals surface area contributed by atoms with Crippen molar-refractivity contribution in [3.8, 4) is 6.07 Å². The third-order valence-electron chi connectivity index (χ3n) is 7.29. The van der Waals surface area contributed by atoms with Crippen molar-refractivity contribution in [3.05, 3.63) is 76.5 Å². The standard InChI is InChI=1S/C29H31ClFN7O/c1-29(2)13-20(9-10-39-29)34-26-18(14-32)15-33-28-23(26)11-21(12-24(28)30)35-27(17-3-5-19(31)6-4-17)25-16-38(37-36-25)22-7-8-22/h3-6,11-12,15-16,20,22,27,35-37H,7-10,13H2,1-2H3,(H,33,34)/t20?,27-/m1/s1/i27D. The van der Waals surface area contributed by atoms with Crippen molar-refractivity contribution in [3.63, 3.8) is 0 Å². The average molecular weight is 549 g/mol. The summed E-state index contributed by atoms with van der Waals surface area (Å²) >= 11 is 6.75. The number of halogens is 2. The van der Waals surface area contributed by atoms with Crippen LogP contribution in [-0.4, -0.2) is 34.3 Å². The van der Waals surface area contributed by atoms with Crippen LogP contribution in [0.1, 0.15) is 58.0 Å². The molecule has 2 atom stereocenters. The van der Waals surface area contributed by atoms with Gasteiger partial charge in [-0.2, -0.15) is 5.26 Å². The molecule has 2 aromatic carbocycles. The highest BCUT2D eigenvalue weighted by atomic mass is 35.5. The third-order valence-corrected chi connectivity index (χ3v) is 7.58. The molecule has 1 aromatic heterocycles. The van der Waals surface area contributed by atoms with E-state index >= 15 is 0 Å². The van der Waals surface area contributed by atoms with E-state index in [1.165, 1.54) is 18.3 Å². The van der Waals surface area contributed by atoms with Crippen molar-refractivity contribution in [2.24, 2.45) is 0 Å². The number of fused-ring (bicyclic) bond motifs is 1. The van der Waals surface area contributed by atoms with E-state index in [2.05, 4.69) is 46.5 Å². The van der Waals surface area contributed by atoms with E-state index in [1.54, 1.807) is 18.2 Å². The molecule has 0 bridgehead atoms. The minimum Gasteiger partial charge on any atom is -0.380 e. The summed E-state index contributed by atoms with van der Waals surface area (Å²) in [6.07, 6.45) is 7.13. The number of ether oxygens (including phenoxy) is 1. The lowest BCUT2D eigenvalue weighted by Crippen LogP contribution is -2.40. The van der Waals surface area contributed by atoms with Crippen molar-refractivity contribution in [2.75, 3.05) is 17.2 Å². The van der Waals surface area contributed by atoms with Crippen molar-refractivity contribution in [1.29, 1.82) is 5.26 Å². The minimum atomic E-state index is -1.51. The Morgan fingerprint density at radius 2 is 2.08 bits per heavy atom. The number of hydrogen-bond donors (Lipinski definition) is 4. The summed E-state index contributed by atoms with van der Waals surface area (Å²) in [5.74, 6) is -0.381. The number of rotatable bonds is 7. The summed E-state index contributed by atoms with van der Waals surface area (Å²) < 4.78 is 29.3. The normalized spacial score (nSPS) is 22.3. The van der Waals surface area contributed by atoms with Crippen molar-refractivity contribution < 1.29 is 10.5 Å². The quantitative estimate of drug-likeness (QED) is 0.296. The van der Waals surface area contributed by atoms with Gasteiger partial charge in [0.05, 0.1) is 40.5 Å². The van der Waals surface area contributed by atoms with Crippen LogP contribution in [0.4, 0.5) is 15.8 Å². The molecule has 0 amide bonds. The van der Waals surface area contributed by atoms with E-state index in [0.29, 0.717) is 56.8 Å². The predicted octanol–water partition coefficient (Wildman–Crippen LogP) is 5.75. The van der Waals surface area contributed by atoms with E-state index < -0.39 is 6.02 Å². The third kappa shape index (κ3) is 5.46. The number of nitrogens with zero attached hydrogens (tertiary/aromatic N) is 3. The maximum atomic E-state index is 13.8. The molecule has 1 saturated heterocycles. The topological polar surface area (TPSA) is 97.3 Å². The molecule has 6 rings (SSSR count). The highest BCUT2D eigenvalue weighted by Crippen LogP contribution is 2.38. The molecule has 3 aliphatic rings. The second-order valence-electron chi connectivity index (χ2n) is 10.9. The van der Waals surface area contributed by atoms with Gasteiger partial charge in [-0.05, 0) is 69.4 Å². The average Bonchev–Trinajstić information content (AvgIpc) is 3.64. The van der Waals surface area contributed by atoms with E-state index in [4.69, 9.17) is 16.3 Å². The predicted molar refractivity (Wildman–Crippen MR) is 150 cm³/mol. The van der Waals surface area contributed by atoms with E-state index in [1.807, 2.05) is 17.3 Å². The molecule has 2 aliphatic heterocycles. The fraction of sp³-hybridized carbons (Fsp3) is 0.379. The summed E-state index contributed by atoms with van der Waals surface area (Å²) in [5, 5.41) is 19.9. The molecule has 39 heavy (non-hydrogen) atoms. The Morgan fingerprint density at radius 3 is 2.79 bits per heavy atom. The second-order valence-corrected chi connectivity index (χ2v) is 11.3. The van der Waals surface area contributed by atoms with E-state index in [0.717, 1.165) is 25.7 Å².